The van der Waals surface area contributed by atoms with E-state index in [4.69, 9.17) is 9.15 Å². The fraction of sp³-hybridized carbons (Fsp3) is 0.167. The summed E-state index contributed by atoms with van der Waals surface area (Å²) in [5.74, 6) is -0.506. The van der Waals surface area contributed by atoms with Crippen molar-refractivity contribution in [1.82, 2.24) is 10.2 Å². The lowest BCUT2D eigenvalue weighted by Crippen LogP contribution is -2.26. The predicted molar refractivity (Wildman–Crippen MR) is 114 cm³/mol. The lowest BCUT2D eigenvalue weighted by molar-refractivity contribution is -0.150. The molecule has 2 heterocycles. The Balaban J connectivity index is 1.25. The molecule has 0 saturated carbocycles. The maximum Gasteiger partial charge on any atom is 0.311 e. The van der Waals surface area contributed by atoms with Crippen molar-refractivity contribution in [2.24, 2.45) is 5.92 Å². The molecule has 1 aliphatic rings. The Labute approximate surface area is 178 Å². The second kappa shape index (κ2) is 8.02. The van der Waals surface area contributed by atoms with E-state index in [-0.39, 0.29) is 31.4 Å². The first kappa shape index (κ1) is 19.0. The van der Waals surface area contributed by atoms with E-state index >= 15 is 0 Å². The Morgan fingerprint density at radius 1 is 1.00 bits per heavy atom. The number of ether oxygens (including phenoxy) is 1. The maximum absolute atomic E-state index is 12.6. The number of hydrogen-bond acceptors (Lipinski definition) is 6. The van der Waals surface area contributed by atoms with Crippen molar-refractivity contribution in [3.05, 3.63) is 78.7 Å². The normalized spacial score (nSPS) is 16.1. The van der Waals surface area contributed by atoms with Gasteiger partial charge in [-0.25, -0.2) is 0 Å². The average Bonchev–Trinajstić information content (AvgIpc) is 3.44. The number of amides is 1. The largest absolute Gasteiger partial charge is 0.455 e. The Bertz CT molecular complexity index is 1250. The molecule has 0 spiro atoms. The number of benzene rings is 3. The lowest BCUT2D eigenvalue weighted by atomic mass is 10.1. The molecule has 0 radical (unpaired) electrons. The van der Waals surface area contributed by atoms with Crippen LogP contribution in [0.15, 0.2) is 77.2 Å². The standard InChI is InChI=1S/C24H19N3O4/c28-22-13-18(14-27(22)20-12-6-10-16-7-4-5-11-19(16)20)24(29)30-15-21-25-26-23(31-21)17-8-2-1-3-9-17/h1-12,18H,13-15H2/t18-/m1/s1. The van der Waals surface area contributed by atoms with Crippen molar-refractivity contribution in [3.8, 4) is 11.5 Å². The Hall–Kier alpha value is -4.00. The summed E-state index contributed by atoms with van der Waals surface area (Å²) in [5, 5.41) is 9.94. The van der Waals surface area contributed by atoms with Crippen LogP contribution in [-0.2, 0) is 20.9 Å². The summed E-state index contributed by atoms with van der Waals surface area (Å²) in [4.78, 5) is 26.9. The van der Waals surface area contributed by atoms with E-state index in [9.17, 15) is 9.59 Å². The third kappa shape index (κ3) is 3.77. The second-order valence-electron chi connectivity index (χ2n) is 7.38. The lowest BCUT2D eigenvalue weighted by Gasteiger charge is -2.18. The van der Waals surface area contributed by atoms with Crippen LogP contribution in [0, 0.1) is 5.92 Å². The number of carbonyl (C=O) groups is 2. The molecule has 1 saturated heterocycles. The van der Waals surface area contributed by atoms with Gasteiger partial charge >= 0.3 is 5.97 Å². The minimum absolute atomic E-state index is 0.0949. The van der Waals surface area contributed by atoms with E-state index in [0.29, 0.717) is 5.89 Å². The molecule has 0 N–H and O–H groups in total. The summed E-state index contributed by atoms with van der Waals surface area (Å²) in [7, 11) is 0. The molecule has 0 unspecified atom stereocenters. The molecule has 1 fully saturated rings. The van der Waals surface area contributed by atoms with Gasteiger partial charge in [-0.05, 0) is 23.6 Å². The van der Waals surface area contributed by atoms with Crippen molar-refractivity contribution in [1.29, 1.82) is 0 Å². The molecular weight excluding hydrogens is 394 g/mol. The summed E-state index contributed by atoms with van der Waals surface area (Å²) in [6.45, 7) is 0.155. The van der Waals surface area contributed by atoms with Crippen LogP contribution < -0.4 is 4.90 Å². The summed E-state index contributed by atoms with van der Waals surface area (Å²) in [6, 6.07) is 23.0. The zero-order chi connectivity index (χ0) is 21.2. The van der Waals surface area contributed by atoms with Crippen LogP contribution in [0.2, 0.25) is 0 Å². The molecule has 7 heteroatoms. The van der Waals surface area contributed by atoms with E-state index < -0.39 is 11.9 Å². The number of esters is 1. The minimum atomic E-state index is -0.539. The van der Waals surface area contributed by atoms with Gasteiger partial charge in [0, 0.05) is 23.9 Å². The number of carbonyl (C=O) groups excluding carboxylic acids is 2. The maximum atomic E-state index is 12.6. The van der Waals surface area contributed by atoms with E-state index in [1.54, 1.807) is 4.90 Å². The van der Waals surface area contributed by atoms with E-state index in [1.807, 2.05) is 72.8 Å². The van der Waals surface area contributed by atoms with Gasteiger partial charge in [-0.2, -0.15) is 0 Å². The van der Waals surface area contributed by atoms with Gasteiger partial charge in [0.25, 0.3) is 5.89 Å². The van der Waals surface area contributed by atoms with E-state index in [0.717, 1.165) is 22.0 Å². The van der Waals surface area contributed by atoms with Crippen molar-refractivity contribution in [2.75, 3.05) is 11.4 Å². The zero-order valence-corrected chi connectivity index (χ0v) is 16.6. The Kier molecular flexibility index (Phi) is 4.92. The van der Waals surface area contributed by atoms with Gasteiger partial charge < -0.3 is 14.1 Å². The molecule has 0 aliphatic carbocycles. The van der Waals surface area contributed by atoms with Crippen LogP contribution in [-0.4, -0.2) is 28.6 Å². The predicted octanol–water partition coefficient (Wildman–Crippen LogP) is 3.99. The summed E-state index contributed by atoms with van der Waals surface area (Å²) in [6.07, 6.45) is 0.112. The van der Waals surface area contributed by atoms with Gasteiger partial charge in [0.2, 0.25) is 11.8 Å². The fourth-order valence-electron chi connectivity index (χ4n) is 3.80. The van der Waals surface area contributed by atoms with Crippen molar-refractivity contribution in [2.45, 2.75) is 13.0 Å². The number of aromatic nitrogens is 2. The minimum Gasteiger partial charge on any atom is -0.455 e. The van der Waals surface area contributed by atoms with Gasteiger partial charge in [0.05, 0.1) is 11.6 Å². The molecule has 1 aliphatic heterocycles. The molecule has 0 bridgehead atoms. The highest BCUT2D eigenvalue weighted by Crippen LogP contribution is 2.32. The molecule has 4 aromatic rings. The number of rotatable bonds is 5. The first-order chi connectivity index (χ1) is 15.2. The highest BCUT2D eigenvalue weighted by atomic mass is 16.5. The highest BCUT2D eigenvalue weighted by Gasteiger charge is 2.36. The quantitative estimate of drug-likeness (QED) is 0.460. The van der Waals surface area contributed by atoms with Gasteiger partial charge in [0.1, 0.15) is 0 Å². The summed E-state index contributed by atoms with van der Waals surface area (Å²) in [5.41, 5.74) is 1.60. The smallest absolute Gasteiger partial charge is 0.311 e. The molecule has 3 aromatic carbocycles. The van der Waals surface area contributed by atoms with Crippen LogP contribution in [0.5, 0.6) is 0 Å². The average molecular weight is 413 g/mol. The van der Waals surface area contributed by atoms with Crippen LogP contribution in [0.4, 0.5) is 5.69 Å². The van der Waals surface area contributed by atoms with Crippen LogP contribution in [0.3, 0.4) is 0 Å². The van der Waals surface area contributed by atoms with Crippen LogP contribution in [0.1, 0.15) is 12.3 Å². The topological polar surface area (TPSA) is 85.5 Å². The third-order valence-electron chi connectivity index (χ3n) is 5.34. The third-order valence-corrected chi connectivity index (χ3v) is 5.34. The van der Waals surface area contributed by atoms with Crippen molar-refractivity contribution >= 4 is 28.3 Å². The van der Waals surface area contributed by atoms with E-state index in [2.05, 4.69) is 10.2 Å². The zero-order valence-electron chi connectivity index (χ0n) is 16.6. The van der Waals surface area contributed by atoms with Crippen molar-refractivity contribution in [3.63, 3.8) is 0 Å². The monoisotopic (exact) mass is 413 g/mol. The number of hydrogen-bond donors (Lipinski definition) is 0. The fourth-order valence-corrected chi connectivity index (χ4v) is 3.80. The molecular formula is C24H19N3O4. The number of anilines is 1. The molecule has 1 aromatic heterocycles. The van der Waals surface area contributed by atoms with Crippen LogP contribution >= 0.6 is 0 Å². The summed E-state index contributed by atoms with van der Waals surface area (Å²) >= 11 is 0. The van der Waals surface area contributed by atoms with Gasteiger partial charge in [0.15, 0.2) is 6.61 Å². The van der Waals surface area contributed by atoms with E-state index in [1.165, 1.54) is 0 Å². The molecule has 5 rings (SSSR count). The first-order valence-electron chi connectivity index (χ1n) is 10.0. The summed E-state index contributed by atoms with van der Waals surface area (Å²) < 4.78 is 10.9. The number of fused-ring (bicyclic) bond motifs is 1. The SMILES string of the molecule is O=C(OCc1nnc(-c2ccccc2)o1)[C@@H]1CC(=O)N(c2cccc3ccccc23)C1. The molecule has 1 atom stereocenters. The van der Waals surface area contributed by atoms with Crippen molar-refractivity contribution < 1.29 is 18.7 Å². The molecule has 7 nitrogen and oxygen atoms in total. The van der Waals surface area contributed by atoms with Crippen LogP contribution in [0.25, 0.3) is 22.2 Å². The second-order valence-corrected chi connectivity index (χ2v) is 7.38. The number of nitrogens with zero attached hydrogens (tertiary/aromatic N) is 3. The van der Waals surface area contributed by atoms with Gasteiger partial charge in [-0.1, -0.05) is 54.6 Å². The first-order valence-corrected chi connectivity index (χ1v) is 10.0. The Morgan fingerprint density at radius 2 is 1.77 bits per heavy atom. The highest BCUT2D eigenvalue weighted by molar-refractivity contribution is 6.06. The van der Waals surface area contributed by atoms with Gasteiger partial charge in [-0.3, -0.25) is 9.59 Å². The van der Waals surface area contributed by atoms with Gasteiger partial charge in [-0.15, -0.1) is 10.2 Å². The Morgan fingerprint density at radius 3 is 2.65 bits per heavy atom. The molecule has 154 valence electrons. The molecule has 31 heavy (non-hydrogen) atoms. The molecule has 1 amide bonds.